The van der Waals surface area contributed by atoms with E-state index in [9.17, 15) is 4.79 Å². The average Bonchev–Trinajstić information content (AvgIpc) is 2.67. The molecule has 1 heterocycles. The van der Waals surface area contributed by atoms with Crippen LogP contribution >= 0.6 is 11.6 Å². The molecule has 1 aliphatic rings. The minimum absolute atomic E-state index is 0.0146. The Kier molecular flexibility index (Phi) is 6.04. The van der Waals surface area contributed by atoms with Crippen LogP contribution in [0.4, 0.5) is 11.4 Å². The Morgan fingerprint density at radius 3 is 2.42 bits per heavy atom. The Labute approximate surface area is 160 Å². The first-order valence-corrected chi connectivity index (χ1v) is 9.51. The lowest BCUT2D eigenvalue weighted by molar-refractivity contribution is -0.129. The number of carbonyl (C=O) groups excluding carboxylic acids is 1. The van der Waals surface area contributed by atoms with Gasteiger partial charge in [0.05, 0.1) is 11.4 Å². The van der Waals surface area contributed by atoms with E-state index in [1.165, 1.54) is 19.3 Å². The lowest BCUT2D eigenvalue weighted by Gasteiger charge is -2.32. The van der Waals surface area contributed by atoms with Gasteiger partial charge >= 0.3 is 0 Å². The highest BCUT2D eigenvalue weighted by molar-refractivity contribution is 6.31. The molecule has 3 rings (SSSR count). The number of piperidine rings is 1. The fraction of sp³-hybridized carbons (Fsp3) is 0.381. The summed E-state index contributed by atoms with van der Waals surface area (Å²) in [5, 5.41) is 4.13. The molecular weight excluding hydrogens is 346 g/mol. The van der Waals surface area contributed by atoms with E-state index < -0.39 is 6.04 Å². The van der Waals surface area contributed by atoms with Crippen LogP contribution in [-0.2, 0) is 4.79 Å². The van der Waals surface area contributed by atoms with Crippen LogP contribution in [0, 0.1) is 0 Å². The summed E-state index contributed by atoms with van der Waals surface area (Å²) in [5.41, 5.74) is 2.96. The second-order valence-electron chi connectivity index (χ2n) is 6.93. The number of carbonyl (C=O) groups is 1. The standard InChI is InChI=1S/C21H26ClN3O/c1-24(2)21(26)20(16-9-5-3-6-10-16)23-18-15-17(22)11-12-19(18)25-13-7-4-8-14-25/h3,5-6,9-12,15,20,23H,4,7-8,13-14H2,1-2H3/t20-/m0/s1. The summed E-state index contributed by atoms with van der Waals surface area (Å²) in [7, 11) is 3.56. The van der Waals surface area contributed by atoms with Gasteiger partial charge in [-0.1, -0.05) is 41.9 Å². The Morgan fingerprint density at radius 1 is 1.08 bits per heavy atom. The molecule has 2 aromatic carbocycles. The van der Waals surface area contributed by atoms with Crippen molar-refractivity contribution in [2.75, 3.05) is 37.4 Å². The largest absolute Gasteiger partial charge is 0.370 e. The molecular formula is C21H26ClN3O. The molecule has 0 bridgehead atoms. The van der Waals surface area contributed by atoms with E-state index in [-0.39, 0.29) is 5.91 Å². The summed E-state index contributed by atoms with van der Waals surface area (Å²) in [6.45, 7) is 2.07. The van der Waals surface area contributed by atoms with Crippen molar-refractivity contribution in [3.05, 3.63) is 59.1 Å². The molecule has 0 aliphatic carbocycles. The number of hydrogen-bond donors (Lipinski definition) is 1. The maximum atomic E-state index is 12.8. The van der Waals surface area contributed by atoms with Gasteiger partial charge in [0.25, 0.3) is 0 Å². The van der Waals surface area contributed by atoms with Crippen molar-refractivity contribution >= 4 is 28.9 Å². The van der Waals surface area contributed by atoms with Crippen LogP contribution in [0.1, 0.15) is 30.9 Å². The molecule has 26 heavy (non-hydrogen) atoms. The molecule has 4 nitrogen and oxygen atoms in total. The minimum atomic E-state index is -0.451. The van der Waals surface area contributed by atoms with Gasteiger partial charge in [-0.05, 0) is 43.0 Å². The number of anilines is 2. The number of rotatable bonds is 5. The molecule has 0 unspecified atom stereocenters. The first-order chi connectivity index (χ1) is 12.6. The first-order valence-electron chi connectivity index (χ1n) is 9.13. The average molecular weight is 372 g/mol. The zero-order valence-corrected chi connectivity index (χ0v) is 16.2. The van der Waals surface area contributed by atoms with Crippen LogP contribution in [0.5, 0.6) is 0 Å². The Bertz CT molecular complexity index is 742. The first kappa shape index (κ1) is 18.6. The van der Waals surface area contributed by atoms with Gasteiger partial charge < -0.3 is 15.1 Å². The number of likely N-dealkylation sites (N-methyl/N-ethyl adjacent to an activating group) is 1. The van der Waals surface area contributed by atoms with Gasteiger partial charge in [0.15, 0.2) is 0 Å². The van der Waals surface area contributed by atoms with Crippen LogP contribution in [0.25, 0.3) is 0 Å². The molecule has 1 fully saturated rings. The normalized spacial score (nSPS) is 15.4. The Morgan fingerprint density at radius 2 is 1.77 bits per heavy atom. The second-order valence-corrected chi connectivity index (χ2v) is 7.37. The maximum absolute atomic E-state index is 12.8. The Balaban J connectivity index is 1.95. The van der Waals surface area contributed by atoms with E-state index >= 15 is 0 Å². The number of nitrogens with zero attached hydrogens (tertiary/aromatic N) is 2. The Hall–Kier alpha value is -2.20. The van der Waals surface area contributed by atoms with Gasteiger partial charge in [-0.2, -0.15) is 0 Å². The maximum Gasteiger partial charge on any atom is 0.249 e. The third-order valence-corrected chi connectivity index (χ3v) is 5.01. The van der Waals surface area contributed by atoms with Gasteiger partial charge in [0.1, 0.15) is 6.04 Å². The van der Waals surface area contributed by atoms with E-state index in [0.717, 1.165) is 30.0 Å². The molecule has 0 saturated carbocycles. The van der Waals surface area contributed by atoms with E-state index in [1.807, 2.05) is 42.5 Å². The zero-order chi connectivity index (χ0) is 18.5. The highest BCUT2D eigenvalue weighted by Gasteiger charge is 2.24. The number of halogens is 1. The fourth-order valence-electron chi connectivity index (χ4n) is 3.38. The highest BCUT2D eigenvalue weighted by atomic mass is 35.5. The smallest absolute Gasteiger partial charge is 0.249 e. The zero-order valence-electron chi connectivity index (χ0n) is 15.4. The van der Waals surface area contributed by atoms with E-state index in [2.05, 4.69) is 16.3 Å². The van der Waals surface area contributed by atoms with E-state index in [0.29, 0.717) is 5.02 Å². The monoisotopic (exact) mass is 371 g/mol. The molecule has 1 amide bonds. The third kappa shape index (κ3) is 4.31. The number of benzene rings is 2. The number of hydrogen-bond acceptors (Lipinski definition) is 3. The van der Waals surface area contributed by atoms with Crippen LogP contribution in [-0.4, -0.2) is 38.0 Å². The van der Waals surface area contributed by atoms with Crippen molar-refractivity contribution in [3.8, 4) is 0 Å². The van der Waals surface area contributed by atoms with E-state index in [1.54, 1.807) is 19.0 Å². The summed E-state index contributed by atoms with van der Waals surface area (Å²) >= 11 is 6.27. The van der Waals surface area contributed by atoms with Crippen molar-refractivity contribution in [1.82, 2.24) is 4.90 Å². The summed E-state index contributed by atoms with van der Waals surface area (Å²) in [6, 6.07) is 15.3. The van der Waals surface area contributed by atoms with Crippen LogP contribution in [0.2, 0.25) is 5.02 Å². The summed E-state index contributed by atoms with van der Waals surface area (Å²) in [4.78, 5) is 16.8. The molecule has 2 aromatic rings. The molecule has 1 N–H and O–H groups in total. The van der Waals surface area contributed by atoms with Crippen molar-refractivity contribution in [1.29, 1.82) is 0 Å². The van der Waals surface area contributed by atoms with Crippen molar-refractivity contribution < 1.29 is 4.79 Å². The number of nitrogens with one attached hydrogen (secondary N) is 1. The summed E-state index contributed by atoms with van der Waals surface area (Å²) < 4.78 is 0. The lowest BCUT2D eigenvalue weighted by Crippen LogP contribution is -2.34. The minimum Gasteiger partial charge on any atom is -0.370 e. The van der Waals surface area contributed by atoms with Gasteiger partial charge in [-0.15, -0.1) is 0 Å². The molecule has 5 heteroatoms. The van der Waals surface area contributed by atoms with Gasteiger partial charge in [-0.3, -0.25) is 4.79 Å². The second kappa shape index (κ2) is 8.45. The molecule has 1 saturated heterocycles. The predicted molar refractivity (Wildman–Crippen MR) is 109 cm³/mol. The summed E-state index contributed by atoms with van der Waals surface area (Å²) in [6.07, 6.45) is 3.67. The van der Waals surface area contributed by atoms with Crippen molar-refractivity contribution in [2.45, 2.75) is 25.3 Å². The molecule has 0 aromatic heterocycles. The van der Waals surface area contributed by atoms with Crippen LogP contribution < -0.4 is 10.2 Å². The van der Waals surface area contributed by atoms with E-state index in [4.69, 9.17) is 11.6 Å². The highest BCUT2D eigenvalue weighted by Crippen LogP contribution is 2.34. The predicted octanol–water partition coefficient (Wildman–Crippen LogP) is 4.57. The van der Waals surface area contributed by atoms with Gasteiger partial charge in [0.2, 0.25) is 5.91 Å². The van der Waals surface area contributed by atoms with Gasteiger partial charge in [-0.25, -0.2) is 0 Å². The topological polar surface area (TPSA) is 35.6 Å². The quantitative estimate of drug-likeness (QED) is 0.836. The third-order valence-electron chi connectivity index (χ3n) is 4.78. The fourth-order valence-corrected chi connectivity index (χ4v) is 3.55. The van der Waals surface area contributed by atoms with Crippen LogP contribution in [0.3, 0.4) is 0 Å². The lowest BCUT2D eigenvalue weighted by atomic mass is 10.0. The molecule has 1 atom stereocenters. The SMILES string of the molecule is CN(C)C(=O)[C@@H](Nc1cc(Cl)ccc1N1CCCCC1)c1ccccc1. The molecule has 138 valence electrons. The van der Waals surface area contributed by atoms with Crippen LogP contribution in [0.15, 0.2) is 48.5 Å². The number of amides is 1. The van der Waals surface area contributed by atoms with Crippen molar-refractivity contribution in [3.63, 3.8) is 0 Å². The molecule has 0 radical (unpaired) electrons. The van der Waals surface area contributed by atoms with Gasteiger partial charge in [0, 0.05) is 32.2 Å². The molecule has 1 aliphatic heterocycles. The molecule has 0 spiro atoms. The van der Waals surface area contributed by atoms with Crippen molar-refractivity contribution in [2.24, 2.45) is 0 Å². The summed E-state index contributed by atoms with van der Waals surface area (Å²) in [5.74, 6) is 0.0146.